The molecular formula is C65H112ClN9O16S. The van der Waals surface area contributed by atoms with E-state index in [1.807, 2.05) is 0 Å². The average Bonchev–Trinajstić information content (AvgIpc) is 0.832. The molecule has 0 amide bonds. The number of nitrogens with zero attached hydrogens (tertiary/aromatic N) is 4. The molecule has 2 aromatic rings. The monoisotopic (exact) mass is 1340 g/mol. The quantitative estimate of drug-likeness (QED) is 0.0298. The molecule has 0 spiro atoms. The van der Waals surface area contributed by atoms with E-state index in [1.165, 1.54) is 85.5 Å². The van der Waals surface area contributed by atoms with Crippen molar-refractivity contribution >= 4 is 65.4 Å². The van der Waals surface area contributed by atoms with E-state index in [-0.39, 0.29) is 88.1 Å². The number of halogens is 1. The number of methoxy groups -OCH3 is 3. The predicted octanol–water partition coefficient (Wildman–Crippen LogP) is 7.56. The minimum absolute atomic E-state index is 0. The van der Waals surface area contributed by atoms with Crippen LogP contribution in [0, 0.1) is 10.7 Å². The number of carbonyl (C=O) groups excluding carboxylic acids is 6. The summed E-state index contributed by atoms with van der Waals surface area (Å²) in [6.07, 6.45) is 22.5. The lowest BCUT2D eigenvalue weighted by Crippen LogP contribution is -2.52. The highest BCUT2D eigenvalue weighted by Gasteiger charge is 2.40. The van der Waals surface area contributed by atoms with Crippen LogP contribution in [0.4, 0.5) is 0 Å². The van der Waals surface area contributed by atoms with Crippen molar-refractivity contribution in [1.29, 1.82) is 0 Å². The highest BCUT2D eigenvalue weighted by molar-refractivity contribution is 7.71. The number of H-pyrrole nitrogens is 4. The molecule has 8 aliphatic heterocycles. The fourth-order valence-electron chi connectivity index (χ4n) is 12.2. The topological polar surface area (TPSA) is 325 Å². The van der Waals surface area contributed by atoms with Gasteiger partial charge < -0.3 is 44.1 Å². The normalized spacial score (nSPS) is 21.8. The fourth-order valence-corrected chi connectivity index (χ4v) is 12.4. The Bertz CT molecular complexity index is 2710. The highest BCUT2D eigenvalue weighted by atomic mass is 35.5. The van der Waals surface area contributed by atoms with Crippen LogP contribution in [0.15, 0.2) is 27.0 Å². The van der Waals surface area contributed by atoms with Crippen molar-refractivity contribution in [3.8, 4) is 0 Å². The molecule has 0 radical (unpaired) electrons. The van der Waals surface area contributed by atoms with Crippen LogP contribution in [-0.2, 0) is 83.2 Å². The first-order valence-corrected chi connectivity index (χ1v) is 32.1. The van der Waals surface area contributed by atoms with E-state index in [1.54, 1.807) is 13.8 Å². The van der Waals surface area contributed by atoms with Gasteiger partial charge in [-0.15, -0.1) is 11.6 Å². The van der Waals surface area contributed by atoms with Gasteiger partial charge >= 0.3 is 41.5 Å². The zero-order valence-electron chi connectivity index (χ0n) is 52.2. The van der Waals surface area contributed by atoms with Gasteiger partial charge in [0.1, 0.15) is 17.6 Å². The number of aromatic amines is 4. The van der Waals surface area contributed by atoms with Crippen molar-refractivity contribution < 1.29 is 62.4 Å². The number of aromatic nitrogens is 4. The Morgan fingerprint density at radius 1 is 0.620 bits per heavy atom. The molecule has 0 saturated carbocycles. The summed E-state index contributed by atoms with van der Waals surface area (Å²) in [5.74, 6) is -2.93. The number of likely N-dealkylation sites (tertiary alicyclic amines) is 1. The van der Waals surface area contributed by atoms with Crippen LogP contribution >= 0.6 is 23.8 Å². The van der Waals surface area contributed by atoms with Crippen molar-refractivity contribution in [2.75, 3.05) is 86.2 Å². The van der Waals surface area contributed by atoms with E-state index in [0.29, 0.717) is 87.5 Å². The molecule has 6 N–H and O–H groups in total. The van der Waals surface area contributed by atoms with Crippen molar-refractivity contribution in [3.05, 3.63) is 71.1 Å². The third-order valence-corrected chi connectivity index (χ3v) is 17.2. The maximum Gasteiger partial charge on any atom is 0.329 e. The maximum atomic E-state index is 11.8. The lowest BCUT2D eigenvalue weighted by molar-refractivity contribution is -0.155. The number of ether oxygens (including phenoxy) is 5. The summed E-state index contributed by atoms with van der Waals surface area (Å²) in [6, 6.07) is 2.07. The first-order valence-electron chi connectivity index (χ1n) is 31.1. The van der Waals surface area contributed by atoms with Gasteiger partial charge in [0.15, 0.2) is 4.77 Å². The first-order chi connectivity index (χ1) is 42.3. The summed E-state index contributed by atoms with van der Waals surface area (Å²) >= 11 is 9.74. The number of carbonyl (C=O) groups is 7. The number of hydrogen-bond acceptors (Lipinski definition) is 21. The number of carboxylic acid groups (broad SMARTS) is 1. The van der Waals surface area contributed by atoms with Gasteiger partial charge in [0.25, 0.3) is 11.1 Å². The summed E-state index contributed by atoms with van der Waals surface area (Å²) in [7, 11) is 4.16. The smallest absolute Gasteiger partial charge is 0.329 e. The SMILES string of the molecule is C.C.C.C.C=CC(=O)OC.CCOC(=O)C1CN2CCCCC2CC1=O.CCOC(=O)CCN1CCCCC1CC(=O)OC.COC(=O)CC1CCCCN1.O=C(O)CCl.O=c1[nH]c(=S)[nH]c2c1CN1CCCCC1C2.O=c1[nH]c2c(c(=O)[nH]1)CN1CCCCC1C2. The Kier molecular flexibility index (Phi) is 44.0. The molecule has 8 aliphatic rings. The molecule has 2 aromatic heterocycles. The Morgan fingerprint density at radius 3 is 1.62 bits per heavy atom. The fraction of sp³-hybridized carbons (Fsp3) is 0.738. The van der Waals surface area contributed by atoms with Gasteiger partial charge in [-0.3, -0.25) is 67.9 Å². The molecule has 92 heavy (non-hydrogen) atoms. The molecule has 0 aromatic carbocycles. The molecule has 10 heterocycles. The van der Waals surface area contributed by atoms with Gasteiger partial charge in [0.2, 0.25) is 0 Å². The van der Waals surface area contributed by atoms with Crippen LogP contribution in [0.1, 0.15) is 188 Å². The number of ketones is 1. The molecule has 6 fully saturated rings. The van der Waals surface area contributed by atoms with E-state index >= 15 is 0 Å². The van der Waals surface area contributed by atoms with Crippen molar-refractivity contribution in [2.45, 2.75) is 222 Å². The molecule has 10 rings (SSSR count). The number of aliphatic carboxylic acids is 1. The molecular weight excluding hydrogens is 1230 g/mol. The van der Waals surface area contributed by atoms with Crippen LogP contribution in [0.3, 0.4) is 0 Å². The molecule has 526 valence electrons. The largest absolute Gasteiger partial charge is 0.480 e. The highest BCUT2D eigenvalue weighted by Crippen LogP contribution is 2.29. The Hall–Kier alpha value is -5.90. The standard InChI is InChI=1S/C13H23NO4.C12H19NO3.C11H15N3O2.C11H15N3OS.C8H15NO2.C4H6O2.C2H3ClO2.4CH4/c1-3-18-12(15)7-9-14-8-5-4-6-11(14)10-13(16)17-2;1-2-16-12(15)10-8-13-6-4-3-5-9(13)7-11(10)14;2*15-10-8-6-14-4-2-1-3-7(14)5-9(8)12-11(16)13-10;1-11-8(10)6-7-4-2-3-5-9-7;1-3-4(5)6-2;3-1-2(4)5;;;;/h11H,3-10H2,1-2H3;9-10H,2-8H2,1H3;2*7H,1-6H2,(H2,12,13,15,16);7,9H,2-6H2,1H3;3H,1H2,2H3;1H2,(H,4,5);4*1H4. The lowest BCUT2D eigenvalue weighted by Gasteiger charge is -2.40. The summed E-state index contributed by atoms with van der Waals surface area (Å²) in [5.41, 5.74) is 2.91. The summed E-state index contributed by atoms with van der Waals surface area (Å²) in [4.78, 5) is 131. The number of piperidine rings is 6. The third-order valence-electron chi connectivity index (χ3n) is 16.7. The van der Waals surface area contributed by atoms with Crippen molar-refractivity contribution in [2.24, 2.45) is 5.92 Å². The second-order valence-electron chi connectivity index (χ2n) is 22.7. The third kappa shape index (κ3) is 30.0. The van der Waals surface area contributed by atoms with E-state index < -0.39 is 17.9 Å². The van der Waals surface area contributed by atoms with Crippen molar-refractivity contribution in [1.82, 2.24) is 44.9 Å². The number of hydrogen-bond donors (Lipinski definition) is 6. The molecule has 0 bridgehead atoms. The number of esters is 5. The minimum Gasteiger partial charge on any atom is -0.480 e. The summed E-state index contributed by atoms with van der Waals surface area (Å²) < 4.78 is 23.7. The Labute approximate surface area is 555 Å². The van der Waals surface area contributed by atoms with E-state index in [2.05, 4.69) is 60.9 Å². The lowest BCUT2D eigenvalue weighted by atomic mass is 9.86. The van der Waals surface area contributed by atoms with Crippen LogP contribution in [0.25, 0.3) is 0 Å². The van der Waals surface area contributed by atoms with E-state index in [0.717, 1.165) is 113 Å². The number of alkyl halides is 1. The first kappa shape index (κ1) is 86.1. The summed E-state index contributed by atoms with van der Waals surface area (Å²) in [6.45, 7) is 15.4. The molecule has 6 saturated heterocycles. The van der Waals surface area contributed by atoms with E-state index in [4.69, 9.17) is 43.1 Å². The molecule has 27 heteroatoms. The maximum absolute atomic E-state index is 11.8. The number of rotatable bonds is 12. The van der Waals surface area contributed by atoms with Crippen LogP contribution in [0.2, 0.25) is 0 Å². The van der Waals surface area contributed by atoms with Gasteiger partial charge in [-0.1, -0.05) is 68.4 Å². The van der Waals surface area contributed by atoms with E-state index in [9.17, 15) is 47.9 Å². The van der Waals surface area contributed by atoms with Crippen LogP contribution in [0.5, 0.6) is 0 Å². The molecule has 6 unspecified atom stereocenters. The predicted molar refractivity (Wildman–Crippen MR) is 359 cm³/mol. The van der Waals surface area contributed by atoms with Crippen molar-refractivity contribution in [3.63, 3.8) is 0 Å². The Morgan fingerprint density at radius 2 is 1.12 bits per heavy atom. The molecule has 0 aliphatic carbocycles. The second-order valence-corrected chi connectivity index (χ2v) is 23.4. The zero-order valence-corrected chi connectivity index (χ0v) is 53.8. The average molecular weight is 1340 g/mol. The zero-order chi connectivity index (χ0) is 64.5. The molecule has 6 atom stereocenters. The summed E-state index contributed by atoms with van der Waals surface area (Å²) in [5, 5.41) is 10.9. The number of Topliss-reactive ketones (excluding diaryl/α,β-unsaturated/α-hetero) is 1. The number of fused-ring (bicyclic) bond motifs is 5. The van der Waals surface area contributed by atoms with Gasteiger partial charge in [-0.25, -0.2) is 9.59 Å². The van der Waals surface area contributed by atoms with Gasteiger partial charge in [-0.2, -0.15) is 0 Å². The van der Waals surface area contributed by atoms with Gasteiger partial charge in [0.05, 0.1) is 64.9 Å². The van der Waals surface area contributed by atoms with Gasteiger partial charge in [-0.05, 0) is 123 Å². The second kappa shape index (κ2) is 47.1. The minimum atomic E-state index is -0.980. The van der Waals surface area contributed by atoms with Crippen LogP contribution < -0.4 is 22.1 Å². The molecule has 25 nitrogen and oxygen atoms in total. The number of nitrogens with one attached hydrogen (secondary N) is 5. The van der Waals surface area contributed by atoms with Crippen LogP contribution in [-0.4, -0.2) is 203 Å². The Balaban J connectivity index is 0.00000107. The van der Waals surface area contributed by atoms with Gasteiger partial charge in [0, 0.05) is 93.1 Å². The number of carboxylic acids is 1.